The molecule has 1 aromatic rings. The molecule has 112 valence electrons. The van der Waals surface area contributed by atoms with E-state index in [1.807, 2.05) is 12.1 Å². The third kappa shape index (κ3) is 3.53. The second-order valence-corrected chi connectivity index (χ2v) is 6.13. The van der Waals surface area contributed by atoms with Gasteiger partial charge in [0.05, 0.1) is 0 Å². The van der Waals surface area contributed by atoms with Gasteiger partial charge >= 0.3 is 0 Å². The lowest BCUT2D eigenvalue weighted by Crippen LogP contribution is -2.51. The third-order valence-electron chi connectivity index (χ3n) is 4.84. The number of aromatic hydroxyl groups is 1. The van der Waals surface area contributed by atoms with Crippen LogP contribution in [0.15, 0.2) is 24.3 Å². The van der Waals surface area contributed by atoms with Gasteiger partial charge in [-0.1, -0.05) is 26.0 Å². The zero-order valence-corrected chi connectivity index (χ0v) is 13.0. The predicted molar refractivity (Wildman–Crippen MR) is 83.9 cm³/mol. The number of nitrogens with one attached hydrogen (secondary N) is 1. The van der Waals surface area contributed by atoms with Crippen LogP contribution in [0.1, 0.15) is 45.6 Å². The van der Waals surface area contributed by atoms with Gasteiger partial charge in [-0.15, -0.1) is 0 Å². The maximum absolute atomic E-state index is 9.63. The van der Waals surface area contributed by atoms with Crippen LogP contribution in [0.2, 0.25) is 0 Å². The fourth-order valence-corrected chi connectivity index (χ4v) is 3.15. The minimum atomic E-state index is 0.238. The molecule has 1 saturated heterocycles. The second-order valence-electron chi connectivity index (χ2n) is 6.13. The highest BCUT2D eigenvalue weighted by Gasteiger charge is 2.32. The molecule has 0 spiro atoms. The molecule has 0 aromatic heterocycles. The number of rotatable bonds is 4. The molecule has 2 rings (SSSR count). The number of nitrogens with zero attached hydrogens (tertiary/aromatic N) is 1. The van der Waals surface area contributed by atoms with E-state index in [1.54, 1.807) is 6.07 Å². The van der Waals surface area contributed by atoms with Crippen LogP contribution in [0.4, 0.5) is 0 Å². The lowest BCUT2D eigenvalue weighted by Gasteiger charge is -2.37. The molecule has 0 saturated carbocycles. The number of phenols is 1. The second kappa shape index (κ2) is 6.59. The zero-order valence-electron chi connectivity index (χ0n) is 13.0. The predicted octanol–water partition coefficient (Wildman–Crippen LogP) is 3.13. The normalized spacial score (nSPS) is 23.4. The summed E-state index contributed by atoms with van der Waals surface area (Å²) in [6.07, 6.45) is 3.50. The first kappa shape index (κ1) is 15.3. The molecule has 20 heavy (non-hydrogen) atoms. The zero-order chi connectivity index (χ0) is 14.6. The molecule has 0 radical (unpaired) electrons. The molecule has 0 amide bonds. The van der Waals surface area contributed by atoms with Crippen molar-refractivity contribution in [3.63, 3.8) is 0 Å². The Morgan fingerprint density at radius 2 is 2.10 bits per heavy atom. The molecule has 3 heteroatoms. The molecule has 1 atom stereocenters. The fraction of sp³-hybridized carbons (Fsp3) is 0.647. The maximum atomic E-state index is 9.63. The van der Waals surface area contributed by atoms with Gasteiger partial charge in [-0.05, 0) is 50.4 Å². The minimum Gasteiger partial charge on any atom is -0.508 e. The molecular formula is C17H28N2O. The van der Waals surface area contributed by atoms with Gasteiger partial charge in [-0.3, -0.25) is 4.90 Å². The largest absolute Gasteiger partial charge is 0.508 e. The molecule has 1 aromatic carbocycles. The quantitative estimate of drug-likeness (QED) is 0.887. The summed E-state index contributed by atoms with van der Waals surface area (Å²) in [5.41, 5.74) is 1.43. The summed E-state index contributed by atoms with van der Waals surface area (Å²) < 4.78 is 0. The van der Waals surface area contributed by atoms with Crippen LogP contribution in [0.5, 0.6) is 5.75 Å². The van der Waals surface area contributed by atoms with Gasteiger partial charge in [-0.2, -0.15) is 0 Å². The molecule has 1 heterocycles. The summed E-state index contributed by atoms with van der Waals surface area (Å²) in [5.74, 6) is 0.361. The van der Waals surface area contributed by atoms with Crippen LogP contribution in [-0.2, 0) is 6.54 Å². The molecule has 0 bridgehead atoms. The number of phenolic OH excluding ortho intramolecular Hbond substituents is 1. The summed E-state index contributed by atoms with van der Waals surface area (Å²) in [7, 11) is 0. The van der Waals surface area contributed by atoms with Crippen LogP contribution in [0.25, 0.3) is 0 Å². The minimum absolute atomic E-state index is 0.238. The maximum Gasteiger partial charge on any atom is 0.115 e. The first-order chi connectivity index (χ1) is 9.58. The lowest BCUT2D eigenvalue weighted by atomic mass is 9.92. The molecule has 1 aliphatic heterocycles. The Bertz CT molecular complexity index is 429. The topological polar surface area (TPSA) is 35.5 Å². The van der Waals surface area contributed by atoms with Crippen LogP contribution < -0.4 is 5.32 Å². The van der Waals surface area contributed by atoms with Crippen molar-refractivity contribution in [1.82, 2.24) is 10.2 Å². The Kier molecular flexibility index (Phi) is 5.06. The standard InChI is InChI=1S/C17H28N2O/c1-4-17(5-2)13-19(14(3)9-10-18-17)12-15-7-6-8-16(20)11-15/h6-8,11,14,18,20H,4-5,9-10,12-13H2,1-3H3. The van der Waals surface area contributed by atoms with Gasteiger partial charge in [0, 0.05) is 24.7 Å². The van der Waals surface area contributed by atoms with E-state index in [0.29, 0.717) is 11.8 Å². The summed E-state index contributed by atoms with van der Waals surface area (Å²) in [6.45, 7) is 9.96. The highest BCUT2D eigenvalue weighted by atomic mass is 16.3. The molecule has 0 aliphatic carbocycles. The molecular weight excluding hydrogens is 248 g/mol. The number of hydrogen-bond donors (Lipinski definition) is 2. The SMILES string of the molecule is CCC1(CC)CN(Cc2cccc(O)c2)C(C)CCN1. The van der Waals surface area contributed by atoms with Crippen molar-refractivity contribution in [2.45, 2.75) is 58.2 Å². The van der Waals surface area contributed by atoms with Crippen molar-refractivity contribution < 1.29 is 5.11 Å². The monoisotopic (exact) mass is 276 g/mol. The molecule has 3 nitrogen and oxygen atoms in total. The highest BCUT2D eigenvalue weighted by molar-refractivity contribution is 5.27. The van der Waals surface area contributed by atoms with Gasteiger partial charge in [-0.25, -0.2) is 0 Å². The Morgan fingerprint density at radius 1 is 1.35 bits per heavy atom. The van der Waals surface area contributed by atoms with Crippen LogP contribution in [0.3, 0.4) is 0 Å². The number of hydrogen-bond acceptors (Lipinski definition) is 3. The molecule has 1 fully saturated rings. The van der Waals surface area contributed by atoms with E-state index in [9.17, 15) is 5.11 Å². The summed E-state index contributed by atoms with van der Waals surface area (Å²) in [4.78, 5) is 2.56. The van der Waals surface area contributed by atoms with E-state index in [2.05, 4.69) is 37.1 Å². The summed E-state index contributed by atoms with van der Waals surface area (Å²) in [6, 6.07) is 8.22. The summed E-state index contributed by atoms with van der Waals surface area (Å²) >= 11 is 0. The van der Waals surface area contributed by atoms with E-state index in [1.165, 1.54) is 12.0 Å². The fourth-order valence-electron chi connectivity index (χ4n) is 3.15. The van der Waals surface area contributed by atoms with Crippen molar-refractivity contribution in [2.24, 2.45) is 0 Å². The summed E-state index contributed by atoms with van der Waals surface area (Å²) in [5, 5.41) is 13.4. The lowest BCUT2D eigenvalue weighted by molar-refractivity contribution is 0.152. The van der Waals surface area contributed by atoms with Gasteiger partial charge in [0.1, 0.15) is 5.75 Å². The first-order valence-electron chi connectivity index (χ1n) is 7.85. The van der Waals surface area contributed by atoms with E-state index in [4.69, 9.17) is 0 Å². The Balaban J connectivity index is 2.14. The van der Waals surface area contributed by atoms with Gasteiger partial charge < -0.3 is 10.4 Å². The average molecular weight is 276 g/mol. The van der Waals surface area contributed by atoms with Gasteiger partial charge in [0.25, 0.3) is 0 Å². The first-order valence-corrected chi connectivity index (χ1v) is 7.85. The van der Waals surface area contributed by atoms with Crippen LogP contribution >= 0.6 is 0 Å². The van der Waals surface area contributed by atoms with E-state index >= 15 is 0 Å². The van der Waals surface area contributed by atoms with E-state index < -0.39 is 0 Å². The molecule has 2 N–H and O–H groups in total. The van der Waals surface area contributed by atoms with Crippen molar-refractivity contribution in [3.8, 4) is 5.75 Å². The van der Waals surface area contributed by atoms with Crippen LogP contribution in [0, 0.1) is 0 Å². The average Bonchev–Trinajstić information content (AvgIpc) is 2.59. The molecule has 1 aliphatic rings. The van der Waals surface area contributed by atoms with Crippen LogP contribution in [-0.4, -0.2) is 34.7 Å². The van der Waals surface area contributed by atoms with Gasteiger partial charge in [0.15, 0.2) is 0 Å². The van der Waals surface area contributed by atoms with Crippen molar-refractivity contribution in [2.75, 3.05) is 13.1 Å². The van der Waals surface area contributed by atoms with Crippen molar-refractivity contribution in [1.29, 1.82) is 0 Å². The highest BCUT2D eigenvalue weighted by Crippen LogP contribution is 2.24. The number of benzene rings is 1. The van der Waals surface area contributed by atoms with Gasteiger partial charge in [0.2, 0.25) is 0 Å². The molecule has 1 unspecified atom stereocenters. The van der Waals surface area contributed by atoms with E-state index in [-0.39, 0.29) is 5.54 Å². The van der Waals surface area contributed by atoms with Crippen molar-refractivity contribution >= 4 is 0 Å². The Labute approximate surface area is 123 Å². The van der Waals surface area contributed by atoms with E-state index in [0.717, 1.165) is 32.5 Å². The third-order valence-corrected chi connectivity index (χ3v) is 4.84. The smallest absolute Gasteiger partial charge is 0.115 e. The Morgan fingerprint density at radius 3 is 2.75 bits per heavy atom. The van der Waals surface area contributed by atoms with Crippen molar-refractivity contribution in [3.05, 3.63) is 29.8 Å². The Hall–Kier alpha value is -1.06.